The van der Waals surface area contributed by atoms with Gasteiger partial charge in [0, 0.05) is 57.0 Å². The number of thiazole rings is 1. The number of para-hydroxylation sites is 2. The summed E-state index contributed by atoms with van der Waals surface area (Å²) in [5.41, 5.74) is 2.32. The van der Waals surface area contributed by atoms with Crippen LogP contribution in [0.25, 0.3) is 0 Å². The molecule has 31 heavy (non-hydrogen) atoms. The van der Waals surface area contributed by atoms with E-state index in [1.165, 1.54) is 10.7 Å². The molecule has 0 saturated carbocycles. The van der Waals surface area contributed by atoms with Gasteiger partial charge in [-0.25, -0.2) is 4.98 Å². The summed E-state index contributed by atoms with van der Waals surface area (Å²) >= 11 is 1.73. The van der Waals surface area contributed by atoms with Gasteiger partial charge in [-0.05, 0) is 37.2 Å². The summed E-state index contributed by atoms with van der Waals surface area (Å²) < 4.78 is 5.54. The molecule has 0 N–H and O–H groups in total. The number of ether oxygens (including phenoxy) is 1. The zero-order chi connectivity index (χ0) is 21.3. The van der Waals surface area contributed by atoms with Crippen LogP contribution < -0.4 is 9.64 Å². The van der Waals surface area contributed by atoms with E-state index in [0.29, 0.717) is 0 Å². The normalized spacial score (nSPS) is 14.8. The van der Waals surface area contributed by atoms with Crippen molar-refractivity contribution in [3.8, 4) is 5.75 Å². The van der Waals surface area contributed by atoms with E-state index in [2.05, 4.69) is 54.3 Å². The van der Waals surface area contributed by atoms with Gasteiger partial charge < -0.3 is 9.64 Å². The average Bonchev–Trinajstić information content (AvgIpc) is 3.33. The van der Waals surface area contributed by atoms with Crippen LogP contribution in [0.2, 0.25) is 0 Å². The Hall–Kier alpha value is -2.48. The largest absolute Gasteiger partial charge is 0.495 e. The zero-order valence-corrected chi connectivity index (χ0v) is 19.0. The lowest BCUT2D eigenvalue weighted by atomic mass is 10.2. The Morgan fingerprint density at radius 3 is 2.55 bits per heavy atom. The lowest BCUT2D eigenvalue weighted by Crippen LogP contribution is -2.47. The van der Waals surface area contributed by atoms with Crippen LogP contribution in [0.1, 0.15) is 17.1 Å². The Balaban J connectivity index is 1.26. The molecule has 1 aromatic carbocycles. The van der Waals surface area contributed by atoms with E-state index in [1.54, 1.807) is 18.4 Å². The summed E-state index contributed by atoms with van der Waals surface area (Å²) in [6, 6.07) is 14.4. The molecule has 7 heteroatoms. The summed E-state index contributed by atoms with van der Waals surface area (Å²) in [7, 11) is 1.75. The predicted molar refractivity (Wildman–Crippen MR) is 127 cm³/mol. The van der Waals surface area contributed by atoms with Crippen LogP contribution in [0, 0.1) is 0 Å². The minimum absolute atomic E-state index is 0.863. The van der Waals surface area contributed by atoms with Crippen LogP contribution in [0.3, 0.4) is 0 Å². The molecule has 0 aliphatic carbocycles. The van der Waals surface area contributed by atoms with Crippen molar-refractivity contribution in [3.05, 3.63) is 70.9 Å². The summed E-state index contributed by atoms with van der Waals surface area (Å²) in [6.45, 7) is 8.17. The number of pyridine rings is 1. The van der Waals surface area contributed by atoms with Crippen LogP contribution in [0.4, 0.5) is 5.69 Å². The summed E-state index contributed by atoms with van der Waals surface area (Å²) in [4.78, 5) is 16.5. The number of piperazine rings is 1. The molecule has 4 rings (SSSR count). The number of methoxy groups -OCH3 is 1. The lowest BCUT2D eigenvalue weighted by molar-refractivity contribution is 0.208. The van der Waals surface area contributed by atoms with E-state index in [1.807, 2.05) is 30.6 Å². The monoisotopic (exact) mass is 437 g/mol. The highest BCUT2D eigenvalue weighted by Gasteiger charge is 2.19. The van der Waals surface area contributed by atoms with Crippen molar-refractivity contribution in [1.82, 2.24) is 19.8 Å². The van der Waals surface area contributed by atoms with E-state index in [4.69, 9.17) is 4.74 Å². The molecular formula is C24H31N5OS. The van der Waals surface area contributed by atoms with Crippen LogP contribution in [0.5, 0.6) is 5.75 Å². The molecule has 0 atom stereocenters. The van der Waals surface area contributed by atoms with Crippen LogP contribution >= 0.6 is 11.3 Å². The van der Waals surface area contributed by atoms with E-state index in [-0.39, 0.29) is 0 Å². The maximum absolute atomic E-state index is 5.54. The Bertz CT molecular complexity index is 897. The molecule has 0 unspecified atom stereocenters. The molecule has 0 bridgehead atoms. The van der Waals surface area contributed by atoms with Crippen molar-refractivity contribution in [3.63, 3.8) is 0 Å². The fraction of sp³-hybridized carbons (Fsp3) is 0.417. The maximum atomic E-state index is 5.54. The Morgan fingerprint density at radius 2 is 1.81 bits per heavy atom. The molecular weight excluding hydrogens is 406 g/mol. The van der Waals surface area contributed by atoms with E-state index in [0.717, 1.165) is 70.2 Å². The third-order valence-electron chi connectivity index (χ3n) is 5.70. The van der Waals surface area contributed by atoms with Gasteiger partial charge in [-0.15, -0.1) is 11.3 Å². The van der Waals surface area contributed by atoms with Crippen molar-refractivity contribution < 1.29 is 4.74 Å². The van der Waals surface area contributed by atoms with Crippen LogP contribution in [-0.2, 0) is 13.1 Å². The second-order valence-electron chi connectivity index (χ2n) is 7.81. The Labute approximate surface area is 189 Å². The van der Waals surface area contributed by atoms with E-state index < -0.39 is 0 Å². The highest BCUT2D eigenvalue weighted by molar-refractivity contribution is 7.09. The second-order valence-corrected chi connectivity index (χ2v) is 8.79. The maximum Gasteiger partial charge on any atom is 0.142 e. The first-order chi connectivity index (χ1) is 15.3. The van der Waals surface area contributed by atoms with Crippen molar-refractivity contribution in [1.29, 1.82) is 0 Å². The SMILES string of the molecule is COc1ccccc1N1CCN(CCCN(Cc2ccccn2)Cc2nccs2)CC1. The van der Waals surface area contributed by atoms with Gasteiger partial charge >= 0.3 is 0 Å². The van der Waals surface area contributed by atoms with E-state index >= 15 is 0 Å². The number of hydrogen-bond donors (Lipinski definition) is 0. The Kier molecular flexibility index (Phi) is 7.87. The molecule has 1 saturated heterocycles. The minimum atomic E-state index is 0.863. The van der Waals surface area contributed by atoms with Crippen molar-refractivity contribution in [2.24, 2.45) is 0 Å². The highest BCUT2D eigenvalue weighted by atomic mass is 32.1. The molecule has 164 valence electrons. The number of hydrogen-bond acceptors (Lipinski definition) is 7. The standard InChI is InChI=1S/C24H31N5OS/c1-30-23-9-3-2-8-22(23)29-16-14-27(15-17-29)12-6-13-28(20-24-26-11-18-31-24)19-21-7-4-5-10-25-21/h2-5,7-11,18H,6,12-17,19-20H2,1H3. The van der Waals surface area contributed by atoms with Crippen LogP contribution in [0.15, 0.2) is 60.2 Å². The second kappa shape index (κ2) is 11.2. The first-order valence-corrected chi connectivity index (χ1v) is 11.8. The number of nitrogens with zero attached hydrogens (tertiary/aromatic N) is 5. The fourth-order valence-corrected chi connectivity index (χ4v) is 4.74. The molecule has 3 aromatic rings. The number of benzene rings is 1. The van der Waals surface area contributed by atoms with Gasteiger partial charge in [0.1, 0.15) is 10.8 Å². The van der Waals surface area contributed by atoms with Crippen molar-refractivity contribution >= 4 is 17.0 Å². The number of aromatic nitrogens is 2. The third-order valence-corrected chi connectivity index (χ3v) is 6.47. The quantitative estimate of drug-likeness (QED) is 0.481. The lowest BCUT2D eigenvalue weighted by Gasteiger charge is -2.36. The van der Waals surface area contributed by atoms with Crippen molar-refractivity contribution in [2.75, 3.05) is 51.3 Å². The minimum Gasteiger partial charge on any atom is -0.495 e. The molecule has 2 aromatic heterocycles. The number of anilines is 1. The van der Waals surface area contributed by atoms with Gasteiger partial charge in [-0.3, -0.25) is 14.8 Å². The van der Waals surface area contributed by atoms with E-state index in [9.17, 15) is 0 Å². The van der Waals surface area contributed by atoms with Gasteiger partial charge in [0.2, 0.25) is 0 Å². The smallest absolute Gasteiger partial charge is 0.142 e. The molecule has 1 aliphatic rings. The Morgan fingerprint density at radius 1 is 0.968 bits per heavy atom. The average molecular weight is 438 g/mol. The molecule has 6 nitrogen and oxygen atoms in total. The molecule has 1 fully saturated rings. The molecule has 0 spiro atoms. The first kappa shape index (κ1) is 21.7. The van der Waals surface area contributed by atoms with Crippen molar-refractivity contribution in [2.45, 2.75) is 19.5 Å². The van der Waals surface area contributed by atoms with Gasteiger partial charge in [0.25, 0.3) is 0 Å². The van der Waals surface area contributed by atoms with Gasteiger partial charge in [-0.2, -0.15) is 0 Å². The van der Waals surface area contributed by atoms with Gasteiger partial charge in [-0.1, -0.05) is 18.2 Å². The highest BCUT2D eigenvalue weighted by Crippen LogP contribution is 2.28. The van der Waals surface area contributed by atoms with Gasteiger partial charge in [0.15, 0.2) is 0 Å². The number of rotatable bonds is 10. The molecule has 0 amide bonds. The third kappa shape index (κ3) is 6.26. The first-order valence-electron chi connectivity index (χ1n) is 10.9. The van der Waals surface area contributed by atoms with Gasteiger partial charge in [0.05, 0.1) is 25.0 Å². The molecule has 1 aliphatic heterocycles. The summed E-state index contributed by atoms with van der Waals surface area (Å²) in [5.74, 6) is 0.961. The zero-order valence-electron chi connectivity index (χ0n) is 18.2. The topological polar surface area (TPSA) is 44.7 Å². The fourth-order valence-electron chi connectivity index (χ4n) is 4.08. The summed E-state index contributed by atoms with van der Waals surface area (Å²) in [6.07, 6.45) is 4.91. The predicted octanol–water partition coefficient (Wildman–Crippen LogP) is 3.76. The van der Waals surface area contributed by atoms with Crippen LogP contribution in [-0.4, -0.2) is 66.1 Å². The summed E-state index contributed by atoms with van der Waals surface area (Å²) in [5, 5.41) is 3.22. The molecule has 0 radical (unpaired) electrons. The molecule has 3 heterocycles.